The lowest BCUT2D eigenvalue weighted by atomic mass is 9.63. The van der Waals surface area contributed by atoms with Gasteiger partial charge in [0.05, 0.1) is 6.10 Å². The van der Waals surface area contributed by atoms with Gasteiger partial charge in [0, 0.05) is 12.0 Å². The van der Waals surface area contributed by atoms with Crippen molar-refractivity contribution in [1.29, 1.82) is 0 Å². The van der Waals surface area contributed by atoms with Gasteiger partial charge in [0.1, 0.15) is 11.5 Å². The first kappa shape index (κ1) is 13.2. The molecule has 3 nitrogen and oxygen atoms in total. The van der Waals surface area contributed by atoms with Crippen molar-refractivity contribution in [3.8, 4) is 11.5 Å². The lowest BCUT2D eigenvalue weighted by Crippen LogP contribution is -2.49. The first-order valence-corrected chi connectivity index (χ1v) is 6.93. The van der Waals surface area contributed by atoms with Gasteiger partial charge in [-0.1, -0.05) is 30.3 Å². The number of aliphatic hydroxyl groups is 1. The largest absolute Gasteiger partial charge is 0.457 e. The van der Waals surface area contributed by atoms with Crippen molar-refractivity contribution in [2.24, 2.45) is 5.73 Å². The molecule has 0 atom stereocenters. The van der Waals surface area contributed by atoms with Gasteiger partial charge in [-0.2, -0.15) is 0 Å². The smallest absolute Gasteiger partial charge is 0.127 e. The van der Waals surface area contributed by atoms with Gasteiger partial charge >= 0.3 is 0 Å². The van der Waals surface area contributed by atoms with Crippen LogP contribution in [0, 0.1) is 0 Å². The average Bonchev–Trinajstić information content (AvgIpc) is 2.46. The highest BCUT2D eigenvalue weighted by Gasteiger charge is 2.43. The van der Waals surface area contributed by atoms with E-state index in [2.05, 4.69) is 12.1 Å². The van der Waals surface area contributed by atoms with E-state index in [0.29, 0.717) is 6.54 Å². The highest BCUT2D eigenvalue weighted by atomic mass is 16.5. The van der Waals surface area contributed by atoms with Gasteiger partial charge in [0.2, 0.25) is 0 Å². The Bertz CT molecular complexity index is 559. The Balaban J connectivity index is 1.75. The first-order chi connectivity index (χ1) is 9.72. The molecule has 3 heteroatoms. The molecule has 1 aliphatic rings. The number of rotatable bonds is 4. The molecule has 0 amide bonds. The average molecular weight is 269 g/mol. The van der Waals surface area contributed by atoms with Crippen LogP contribution in [0.25, 0.3) is 0 Å². The molecule has 0 radical (unpaired) electrons. The van der Waals surface area contributed by atoms with E-state index in [4.69, 9.17) is 10.5 Å². The van der Waals surface area contributed by atoms with E-state index in [0.717, 1.165) is 24.3 Å². The molecular formula is C17H19NO2. The molecule has 0 saturated heterocycles. The quantitative estimate of drug-likeness (QED) is 0.897. The van der Waals surface area contributed by atoms with Crippen molar-refractivity contribution in [2.75, 3.05) is 6.54 Å². The number of ether oxygens (including phenoxy) is 1. The summed E-state index contributed by atoms with van der Waals surface area (Å²) in [5.41, 5.74) is 7.02. The van der Waals surface area contributed by atoms with Gasteiger partial charge in [-0.3, -0.25) is 0 Å². The summed E-state index contributed by atoms with van der Waals surface area (Å²) in [4.78, 5) is 0. The normalized spacial score (nSPS) is 25.0. The van der Waals surface area contributed by atoms with E-state index >= 15 is 0 Å². The fourth-order valence-corrected chi connectivity index (χ4v) is 2.86. The molecular weight excluding hydrogens is 250 g/mol. The number of benzene rings is 2. The molecule has 0 aromatic heterocycles. The SMILES string of the molecule is NCC1(c2ccc(Oc3ccccc3)cc2)CC(O)C1. The summed E-state index contributed by atoms with van der Waals surface area (Å²) >= 11 is 0. The fraction of sp³-hybridized carbons (Fsp3) is 0.294. The third-order valence-electron chi connectivity index (χ3n) is 4.09. The zero-order valence-corrected chi connectivity index (χ0v) is 11.3. The van der Waals surface area contributed by atoms with Crippen molar-refractivity contribution in [3.05, 3.63) is 60.2 Å². The Morgan fingerprint density at radius 3 is 2.15 bits per heavy atom. The van der Waals surface area contributed by atoms with Crippen LogP contribution in [-0.4, -0.2) is 17.8 Å². The number of hydrogen-bond acceptors (Lipinski definition) is 3. The third-order valence-corrected chi connectivity index (χ3v) is 4.09. The molecule has 20 heavy (non-hydrogen) atoms. The van der Waals surface area contributed by atoms with Crippen LogP contribution in [0.15, 0.2) is 54.6 Å². The van der Waals surface area contributed by atoms with Crippen molar-refractivity contribution in [1.82, 2.24) is 0 Å². The van der Waals surface area contributed by atoms with Gasteiger partial charge in [0.25, 0.3) is 0 Å². The Labute approximate surface area is 119 Å². The van der Waals surface area contributed by atoms with Gasteiger partial charge in [0.15, 0.2) is 0 Å². The summed E-state index contributed by atoms with van der Waals surface area (Å²) in [7, 11) is 0. The fourth-order valence-electron chi connectivity index (χ4n) is 2.86. The number of para-hydroxylation sites is 1. The van der Waals surface area contributed by atoms with Gasteiger partial charge in [-0.15, -0.1) is 0 Å². The molecule has 104 valence electrons. The predicted molar refractivity (Wildman–Crippen MR) is 78.9 cm³/mol. The number of aliphatic hydroxyl groups excluding tert-OH is 1. The van der Waals surface area contributed by atoms with E-state index < -0.39 is 0 Å². The van der Waals surface area contributed by atoms with Crippen LogP contribution in [0.1, 0.15) is 18.4 Å². The molecule has 0 aliphatic heterocycles. The van der Waals surface area contributed by atoms with Gasteiger partial charge in [-0.25, -0.2) is 0 Å². The van der Waals surface area contributed by atoms with E-state index in [1.165, 1.54) is 5.56 Å². The zero-order valence-electron chi connectivity index (χ0n) is 11.3. The van der Waals surface area contributed by atoms with Crippen molar-refractivity contribution >= 4 is 0 Å². The van der Waals surface area contributed by atoms with Crippen LogP contribution in [0.5, 0.6) is 11.5 Å². The molecule has 3 rings (SSSR count). The maximum absolute atomic E-state index is 9.55. The summed E-state index contributed by atoms with van der Waals surface area (Å²) in [6.45, 7) is 0.572. The standard InChI is InChI=1S/C17H19NO2/c18-12-17(10-14(19)11-17)13-6-8-16(9-7-13)20-15-4-2-1-3-5-15/h1-9,14,19H,10-12,18H2. The number of nitrogens with two attached hydrogens (primary N) is 1. The Kier molecular flexibility index (Phi) is 3.47. The van der Waals surface area contributed by atoms with E-state index in [9.17, 15) is 5.11 Å². The topological polar surface area (TPSA) is 55.5 Å². The molecule has 0 bridgehead atoms. The lowest BCUT2D eigenvalue weighted by molar-refractivity contribution is 0.0221. The molecule has 0 unspecified atom stereocenters. The minimum Gasteiger partial charge on any atom is -0.457 e. The zero-order chi connectivity index (χ0) is 14.0. The molecule has 2 aromatic rings. The second-order valence-corrected chi connectivity index (χ2v) is 5.49. The van der Waals surface area contributed by atoms with Gasteiger partial charge in [-0.05, 0) is 42.7 Å². The minimum absolute atomic E-state index is 0.0509. The Morgan fingerprint density at radius 1 is 1.00 bits per heavy atom. The molecule has 0 heterocycles. The molecule has 1 aliphatic carbocycles. The summed E-state index contributed by atoms with van der Waals surface area (Å²) in [6, 6.07) is 17.7. The molecule has 2 aromatic carbocycles. The second kappa shape index (κ2) is 5.27. The molecule has 0 spiro atoms. The van der Waals surface area contributed by atoms with E-state index in [1.54, 1.807) is 0 Å². The van der Waals surface area contributed by atoms with Crippen LogP contribution in [0.3, 0.4) is 0 Å². The third kappa shape index (κ3) is 2.42. The number of hydrogen-bond donors (Lipinski definition) is 2. The van der Waals surface area contributed by atoms with Crippen molar-refractivity contribution in [3.63, 3.8) is 0 Å². The maximum atomic E-state index is 9.55. The van der Waals surface area contributed by atoms with Crippen molar-refractivity contribution in [2.45, 2.75) is 24.4 Å². The minimum atomic E-state index is -0.209. The maximum Gasteiger partial charge on any atom is 0.127 e. The lowest BCUT2D eigenvalue weighted by Gasteiger charge is -2.45. The predicted octanol–water partition coefficient (Wildman–Crippen LogP) is 2.83. The second-order valence-electron chi connectivity index (χ2n) is 5.49. The summed E-state index contributed by atoms with van der Waals surface area (Å²) in [5.74, 6) is 1.64. The Morgan fingerprint density at radius 2 is 1.60 bits per heavy atom. The van der Waals surface area contributed by atoms with E-state index in [-0.39, 0.29) is 11.5 Å². The monoisotopic (exact) mass is 269 g/mol. The highest BCUT2D eigenvalue weighted by molar-refractivity contribution is 5.37. The van der Waals surface area contributed by atoms with Gasteiger partial charge < -0.3 is 15.6 Å². The van der Waals surface area contributed by atoms with E-state index in [1.807, 2.05) is 42.5 Å². The van der Waals surface area contributed by atoms with Crippen LogP contribution >= 0.6 is 0 Å². The molecule has 1 fully saturated rings. The van der Waals surface area contributed by atoms with Crippen LogP contribution < -0.4 is 10.5 Å². The first-order valence-electron chi connectivity index (χ1n) is 6.93. The van der Waals surface area contributed by atoms with Crippen LogP contribution in [-0.2, 0) is 5.41 Å². The van der Waals surface area contributed by atoms with Crippen LogP contribution in [0.2, 0.25) is 0 Å². The molecule has 1 saturated carbocycles. The van der Waals surface area contributed by atoms with Crippen LogP contribution in [0.4, 0.5) is 0 Å². The molecule has 3 N–H and O–H groups in total. The summed E-state index contributed by atoms with van der Waals surface area (Å²) in [6.07, 6.45) is 1.30. The van der Waals surface area contributed by atoms with Crippen molar-refractivity contribution < 1.29 is 9.84 Å². The Hall–Kier alpha value is -1.84. The highest BCUT2D eigenvalue weighted by Crippen LogP contribution is 2.43. The summed E-state index contributed by atoms with van der Waals surface area (Å²) in [5, 5.41) is 9.55. The summed E-state index contributed by atoms with van der Waals surface area (Å²) < 4.78 is 5.77.